The number of nitrogens with one attached hydrogen (secondary N) is 2. The summed E-state index contributed by atoms with van der Waals surface area (Å²) < 4.78 is 0. The Morgan fingerprint density at radius 1 is 0.950 bits per heavy atom. The number of hydrogen-bond donors (Lipinski definition) is 2. The zero-order valence-electron chi connectivity index (χ0n) is 10.3. The highest BCUT2D eigenvalue weighted by atomic mass is 16.2. The third kappa shape index (κ3) is 1.34. The van der Waals surface area contributed by atoms with Crippen LogP contribution in [0.15, 0.2) is 42.7 Å². The first-order chi connectivity index (χ1) is 9.75. The molecule has 4 rings (SSSR count). The average molecular weight is 263 g/mol. The van der Waals surface area contributed by atoms with Gasteiger partial charge in [-0.3, -0.25) is 14.9 Å². The van der Waals surface area contributed by atoms with Gasteiger partial charge in [0.2, 0.25) is 0 Å². The predicted octanol–water partition coefficient (Wildman–Crippen LogP) is 2.11. The summed E-state index contributed by atoms with van der Waals surface area (Å²) in [5, 5.41) is 3.94. The van der Waals surface area contributed by atoms with Gasteiger partial charge in [-0.2, -0.15) is 0 Å². The number of rotatable bonds is 1. The highest BCUT2D eigenvalue weighted by Crippen LogP contribution is 2.32. The minimum Gasteiger partial charge on any atom is -0.345 e. The summed E-state index contributed by atoms with van der Waals surface area (Å²) in [5.74, 6) is -0.128. The number of carbonyl (C=O) groups excluding carboxylic acids is 2. The molecular weight excluding hydrogens is 254 g/mol. The van der Waals surface area contributed by atoms with Crippen LogP contribution in [0.25, 0.3) is 22.2 Å². The van der Waals surface area contributed by atoms with E-state index in [2.05, 4.69) is 15.3 Å². The number of aromatic nitrogens is 2. The lowest BCUT2D eigenvalue weighted by Gasteiger charge is -2.18. The minimum absolute atomic E-state index is 0.357. The van der Waals surface area contributed by atoms with E-state index < -0.39 is 0 Å². The lowest BCUT2D eigenvalue weighted by atomic mass is 9.91. The fraction of sp³-hybridized carbons (Fsp3) is 0. The molecule has 0 saturated heterocycles. The molecule has 5 nitrogen and oxygen atoms in total. The average Bonchev–Trinajstić information content (AvgIpc) is 2.98. The van der Waals surface area contributed by atoms with E-state index in [0.29, 0.717) is 27.9 Å². The molecule has 0 atom stereocenters. The van der Waals surface area contributed by atoms with Crippen LogP contribution in [0.1, 0.15) is 20.7 Å². The second-order valence-corrected chi connectivity index (χ2v) is 4.61. The van der Waals surface area contributed by atoms with E-state index in [0.717, 1.165) is 5.39 Å². The molecule has 3 aromatic rings. The van der Waals surface area contributed by atoms with Gasteiger partial charge < -0.3 is 4.98 Å². The first-order valence-electron chi connectivity index (χ1n) is 6.17. The van der Waals surface area contributed by atoms with Crippen molar-refractivity contribution in [2.45, 2.75) is 0 Å². The highest BCUT2D eigenvalue weighted by molar-refractivity contribution is 6.27. The molecule has 2 aromatic carbocycles. The molecule has 1 aromatic heterocycles. The fourth-order valence-corrected chi connectivity index (χ4v) is 2.65. The topological polar surface area (TPSA) is 74.8 Å². The summed E-state index contributed by atoms with van der Waals surface area (Å²) in [5.41, 5.74) is 1.71. The molecule has 0 fully saturated rings. The van der Waals surface area contributed by atoms with Gasteiger partial charge in [0.15, 0.2) is 0 Å². The van der Waals surface area contributed by atoms with Crippen LogP contribution in [0.5, 0.6) is 0 Å². The number of aromatic amines is 1. The van der Waals surface area contributed by atoms with Crippen LogP contribution in [0, 0.1) is 0 Å². The highest BCUT2D eigenvalue weighted by Gasteiger charge is 2.28. The quantitative estimate of drug-likeness (QED) is 0.660. The first-order valence-corrected chi connectivity index (χ1v) is 6.17. The molecular formula is C15H9N3O2. The zero-order chi connectivity index (χ0) is 13.7. The van der Waals surface area contributed by atoms with E-state index in [4.69, 9.17) is 0 Å². The third-order valence-corrected chi connectivity index (χ3v) is 3.50. The van der Waals surface area contributed by atoms with Crippen molar-refractivity contribution in [3.05, 3.63) is 53.9 Å². The maximum absolute atomic E-state index is 12.2. The molecule has 20 heavy (non-hydrogen) atoms. The van der Waals surface area contributed by atoms with Crippen molar-refractivity contribution in [2.24, 2.45) is 0 Å². The number of carbonyl (C=O) groups is 2. The second-order valence-electron chi connectivity index (χ2n) is 4.61. The summed E-state index contributed by atoms with van der Waals surface area (Å²) in [7, 11) is 0. The van der Waals surface area contributed by atoms with Gasteiger partial charge in [-0.05, 0) is 17.5 Å². The zero-order valence-corrected chi connectivity index (χ0v) is 10.3. The van der Waals surface area contributed by atoms with Crippen molar-refractivity contribution in [3.63, 3.8) is 0 Å². The van der Waals surface area contributed by atoms with Gasteiger partial charge in [0.1, 0.15) is 5.82 Å². The van der Waals surface area contributed by atoms with E-state index >= 15 is 0 Å². The number of imide groups is 1. The SMILES string of the molecule is O=C1NC(=O)c2c(-c3ncc[nH]3)ccc3cccc1c23. The number of nitrogens with zero attached hydrogens (tertiary/aromatic N) is 1. The van der Waals surface area contributed by atoms with Gasteiger partial charge in [-0.25, -0.2) is 4.98 Å². The Balaban J connectivity index is 2.18. The van der Waals surface area contributed by atoms with Crippen LogP contribution in [0.4, 0.5) is 0 Å². The van der Waals surface area contributed by atoms with Crippen LogP contribution < -0.4 is 5.32 Å². The van der Waals surface area contributed by atoms with Gasteiger partial charge in [0, 0.05) is 28.9 Å². The van der Waals surface area contributed by atoms with Gasteiger partial charge in [0.05, 0.1) is 5.56 Å². The molecule has 0 saturated carbocycles. The molecule has 96 valence electrons. The summed E-state index contributed by atoms with van der Waals surface area (Å²) in [6.45, 7) is 0. The van der Waals surface area contributed by atoms with E-state index in [-0.39, 0.29) is 11.8 Å². The Labute approximate surface area is 113 Å². The Kier molecular flexibility index (Phi) is 2.06. The van der Waals surface area contributed by atoms with E-state index in [9.17, 15) is 9.59 Å². The largest absolute Gasteiger partial charge is 0.345 e. The predicted molar refractivity (Wildman–Crippen MR) is 73.3 cm³/mol. The lowest BCUT2D eigenvalue weighted by Crippen LogP contribution is -2.35. The lowest BCUT2D eigenvalue weighted by molar-refractivity contribution is 0.0845. The number of benzene rings is 2. The standard InChI is InChI=1S/C15H9N3O2/c19-14-10-3-1-2-8-4-5-9(13-16-6-7-17-13)12(11(8)10)15(20)18-14/h1-7H,(H,16,17)(H,18,19,20). The fourth-order valence-electron chi connectivity index (χ4n) is 2.65. The van der Waals surface area contributed by atoms with E-state index in [1.54, 1.807) is 18.5 Å². The molecule has 2 N–H and O–H groups in total. The smallest absolute Gasteiger partial charge is 0.259 e. The van der Waals surface area contributed by atoms with Crippen molar-refractivity contribution in [1.29, 1.82) is 0 Å². The van der Waals surface area contributed by atoms with E-state index in [1.807, 2.05) is 24.3 Å². The van der Waals surface area contributed by atoms with Crippen molar-refractivity contribution >= 4 is 22.6 Å². The minimum atomic E-state index is -0.384. The van der Waals surface area contributed by atoms with Gasteiger partial charge in [0.25, 0.3) is 11.8 Å². The second kappa shape index (κ2) is 3.77. The van der Waals surface area contributed by atoms with Gasteiger partial charge >= 0.3 is 0 Å². The Morgan fingerprint density at radius 3 is 2.65 bits per heavy atom. The van der Waals surface area contributed by atoms with Gasteiger partial charge in [-0.1, -0.05) is 18.2 Å². The van der Waals surface area contributed by atoms with Gasteiger partial charge in [-0.15, -0.1) is 0 Å². The molecule has 1 aliphatic rings. The molecule has 0 bridgehead atoms. The Hall–Kier alpha value is -2.95. The third-order valence-electron chi connectivity index (χ3n) is 3.50. The molecule has 5 heteroatoms. The number of imidazole rings is 1. The molecule has 2 amide bonds. The van der Waals surface area contributed by atoms with Crippen molar-refractivity contribution in [1.82, 2.24) is 15.3 Å². The van der Waals surface area contributed by atoms with Crippen LogP contribution in [0.2, 0.25) is 0 Å². The number of H-pyrrole nitrogens is 1. The molecule has 2 heterocycles. The van der Waals surface area contributed by atoms with E-state index in [1.165, 1.54) is 0 Å². The Bertz CT molecular complexity index is 866. The Morgan fingerprint density at radius 2 is 1.85 bits per heavy atom. The normalized spacial score (nSPS) is 13.6. The monoisotopic (exact) mass is 263 g/mol. The van der Waals surface area contributed by atoms with Crippen molar-refractivity contribution in [2.75, 3.05) is 0 Å². The first kappa shape index (κ1) is 10.9. The van der Waals surface area contributed by atoms with Crippen LogP contribution in [-0.4, -0.2) is 21.8 Å². The molecule has 0 aliphatic carbocycles. The number of amides is 2. The molecule has 1 aliphatic heterocycles. The molecule has 0 unspecified atom stereocenters. The van der Waals surface area contributed by atoms with Crippen LogP contribution >= 0.6 is 0 Å². The van der Waals surface area contributed by atoms with Crippen LogP contribution in [0.3, 0.4) is 0 Å². The summed E-state index contributed by atoms with van der Waals surface area (Å²) in [4.78, 5) is 31.3. The van der Waals surface area contributed by atoms with Crippen molar-refractivity contribution in [3.8, 4) is 11.4 Å². The van der Waals surface area contributed by atoms with Crippen molar-refractivity contribution < 1.29 is 9.59 Å². The summed E-state index contributed by atoms with van der Waals surface area (Å²) in [6.07, 6.45) is 3.33. The molecule has 0 radical (unpaired) electrons. The maximum Gasteiger partial charge on any atom is 0.259 e. The van der Waals surface area contributed by atoms with Crippen LogP contribution in [-0.2, 0) is 0 Å². The summed E-state index contributed by atoms with van der Waals surface area (Å²) >= 11 is 0. The molecule has 0 spiro atoms. The maximum atomic E-state index is 12.2. The number of hydrogen-bond acceptors (Lipinski definition) is 3. The summed E-state index contributed by atoms with van der Waals surface area (Å²) in [6, 6.07) is 9.16.